The summed E-state index contributed by atoms with van der Waals surface area (Å²) >= 11 is 0. The summed E-state index contributed by atoms with van der Waals surface area (Å²) in [5.74, 6) is 1.43. The topological polar surface area (TPSA) is 21.6 Å². The van der Waals surface area contributed by atoms with Gasteiger partial charge in [-0.3, -0.25) is 0 Å². The molecule has 0 spiro atoms. The highest BCUT2D eigenvalue weighted by molar-refractivity contribution is 5.91. The van der Waals surface area contributed by atoms with Gasteiger partial charge in [-0.15, -0.1) is 0 Å². The molecule has 1 aliphatic carbocycles. The first kappa shape index (κ1) is 9.56. The van der Waals surface area contributed by atoms with Gasteiger partial charge in [0.25, 0.3) is 0 Å². The minimum Gasteiger partial charge on any atom is -0.393 e. The van der Waals surface area contributed by atoms with Gasteiger partial charge in [0.2, 0.25) is 0 Å². The summed E-state index contributed by atoms with van der Waals surface area (Å²) in [6, 6.07) is 0. The van der Waals surface area contributed by atoms with Crippen LogP contribution in [0.2, 0.25) is 0 Å². The second-order valence-electron chi connectivity index (χ2n) is 3.88. The molecule has 3 atom stereocenters. The van der Waals surface area contributed by atoms with Crippen molar-refractivity contribution in [3.63, 3.8) is 0 Å². The number of rotatable bonds is 3. The molecule has 0 aromatic carbocycles. The molecule has 0 N–H and O–H groups in total. The average molecular weight is 169 g/mol. The summed E-state index contributed by atoms with van der Waals surface area (Å²) in [7, 11) is 0. The van der Waals surface area contributed by atoms with Crippen molar-refractivity contribution in [3.05, 3.63) is 0 Å². The maximum absolute atomic E-state index is 5.30. The van der Waals surface area contributed by atoms with Crippen molar-refractivity contribution < 1.29 is 4.84 Å². The second-order valence-corrected chi connectivity index (χ2v) is 3.88. The Morgan fingerprint density at radius 3 is 2.67 bits per heavy atom. The van der Waals surface area contributed by atoms with Gasteiger partial charge in [-0.05, 0) is 25.7 Å². The third-order valence-corrected chi connectivity index (χ3v) is 2.84. The van der Waals surface area contributed by atoms with Gasteiger partial charge < -0.3 is 4.84 Å². The van der Waals surface area contributed by atoms with E-state index in [4.69, 9.17) is 4.84 Å². The first-order valence-corrected chi connectivity index (χ1v) is 4.87. The molecule has 0 radical (unpaired) electrons. The molecule has 1 aliphatic rings. The largest absolute Gasteiger partial charge is 0.393 e. The van der Waals surface area contributed by atoms with Crippen molar-refractivity contribution in [1.82, 2.24) is 0 Å². The van der Waals surface area contributed by atoms with E-state index in [0.717, 1.165) is 18.8 Å². The summed E-state index contributed by atoms with van der Waals surface area (Å²) in [6.45, 7) is 8.63. The molecule has 12 heavy (non-hydrogen) atoms. The monoisotopic (exact) mass is 169 g/mol. The van der Waals surface area contributed by atoms with Gasteiger partial charge in [0.15, 0.2) is 0 Å². The van der Waals surface area contributed by atoms with E-state index >= 15 is 0 Å². The van der Waals surface area contributed by atoms with Gasteiger partial charge in [0, 0.05) is 5.92 Å². The van der Waals surface area contributed by atoms with Crippen molar-refractivity contribution in [2.75, 3.05) is 0 Å². The fourth-order valence-electron chi connectivity index (χ4n) is 1.21. The molecule has 0 aromatic heterocycles. The Morgan fingerprint density at radius 2 is 2.25 bits per heavy atom. The number of nitrogens with zero attached hydrogens (tertiary/aromatic N) is 1. The Balaban J connectivity index is 2.29. The summed E-state index contributed by atoms with van der Waals surface area (Å²) in [5, 5.41) is 4.15. The van der Waals surface area contributed by atoms with Crippen LogP contribution < -0.4 is 0 Å². The van der Waals surface area contributed by atoms with Crippen molar-refractivity contribution >= 4 is 5.71 Å². The van der Waals surface area contributed by atoms with E-state index in [0.29, 0.717) is 5.92 Å². The van der Waals surface area contributed by atoms with Crippen LogP contribution >= 0.6 is 0 Å². The SMILES string of the molecule is CCC(C)O/N=C1/CC(C)C1C. The van der Waals surface area contributed by atoms with Crippen LogP contribution in [0.3, 0.4) is 0 Å². The lowest BCUT2D eigenvalue weighted by Crippen LogP contribution is -2.33. The predicted molar refractivity (Wildman–Crippen MR) is 51.2 cm³/mol. The van der Waals surface area contributed by atoms with Gasteiger partial charge >= 0.3 is 0 Å². The lowest BCUT2D eigenvalue weighted by Gasteiger charge is -2.32. The zero-order valence-electron chi connectivity index (χ0n) is 8.50. The molecule has 0 heterocycles. The quantitative estimate of drug-likeness (QED) is 0.595. The Hall–Kier alpha value is -0.530. The molecule has 0 saturated heterocycles. The fraction of sp³-hybridized carbons (Fsp3) is 0.900. The smallest absolute Gasteiger partial charge is 0.124 e. The van der Waals surface area contributed by atoms with Crippen LogP contribution in [0.25, 0.3) is 0 Å². The molecule has 3 unspecified atom stereocenters. The van der Waals surface area contributed by atoms with E-state index in [1.807, 2.05) is 0 Å². The lowest BCUT2D eigenvalue weighted by atomic mass is 9.74. The minimum atomic E-state index is 0.264. The molecule has 0 aromatic rings. The average Bonchev–Trinajstić information content (AvgIpc) is 2.10. The summed E-state index contributed by atoms with van der Waals surface area (Å²) in [4.78, 5) is 5.30. The molecule has 70 valence electrons. The standard InChI is InChI=1S/C10H19NO/c1-5-8(3)12-11-10-6-7(2)9(10)4/h7-9H,5-6H2,1-4H3/b11-10-. The van der Waals surface area contributed by atoms with Crippen LogP contribution in [0.15, 0.2) is 5.16 Å². The highest BCUT2D eigenvalue weighted by atomic mass is 16.6. The normalized spacial score (nSPS) is 34.5. The van der Waals surface area contributed by atoms with Gasteiger partial charge in [-0.1, -0.05) is 25.9 Å². The lowest BCUT2D eigenvalue weighted by molar-refractivity contribution is 0.0655. The molecule has 2 nitrogen and oxygen atoms in total. The van der Waals surface area contributed by atoms with Gasteiger partial charge in [0.1, 0.15) is 6.10 Å². The molecule has 1 rings (SSSR count). The maximum atomic E-state index is 5.30. The first-order valence-electron chi connectivity index (χ1n) is 4.87. The highest BCUT2D eigenvalue weighted by Gasteiger charge is 2.30. The first-order chi connectivity index (χ1) is 5.65. The summed E-state index contributed by atoms with van der Waals surface area (Å²) in [5.41, 5.74) is 1.24. The van der Waals surface area contributed by atoms with Crippen LogP contribution in [-0.2, 0) is 4.84 Å². The molecule has 0 amide bonds. The second kappa shape index (κ2) is 3.92. The van der Waals surface area contributed by atoms with E-state index in [2.05, 4.69) is 32.9 Å². The fourth-order valence-corrected chi connectivity index (χ4v) is 1.21. The third kappa shape index (κ3) is 1.99. The van der Waals surface area contributed by atoms with Gasteiger partial charge in [0.05, 0.1) is 5.71 Å². The van der Waals surface area contributed by atoms with E-state index in [9.17, 15) is 0 Å². The Morgan fingerprint density at radius 1 is 1.58 bits per heavy atom. The number of oxime groups is 1. The van der Waals surface area contributed by atoms with Crippen LogP contribution in [0.1, 0.15) is 40.5 Å². The minimum absolute atomic E-state index is 0.264. The number of hydrogen-bond acceptors (Lipinski definition) is 2. The summed E-state index contributed by atoms with van der Waals surface area (Å²) < 4.78 is 0. The molecule has 1 saturated carbocycles. The Kier molecular flexibility index (Phi) is 3.12. The van der Waals surface area contributed by atoms with E-state index < -0.39 is 0 Å². The molecule has 0 aliphatic heterocycles. The van der Waals surface area contributed by atoms with Crippen LogP contribution in [-0.4, -0.2) is 11.8 Å². The van der Waals surface area contributed by atoms with Crippen molar-refractivity contribution in [3.8, 4) is 0 Å². The zero-order valence-corrected chi connectivity index (χ0v) is 8.50. The van der Waals surface area contributed by atoms with Crippen molar-refractivity contribution in [2.24, 2.45) is 17.0 Å². The predicted octanol–water partition coefficient (Wildman–Crippen LogP) is 2.83. The van der Waals surface area contributed by atoms with Gasteiger partial charge in [-0.25, -0.2) is 0 Å². The Labute approximate surface area is 75.0 Å². The molecule has 2 heteroatoms. The van der Waals surface area contributed by atoms with E-state index in [1.165, 1.54) is 5.71 Å². The Bertz CT molecular complexity index is 177. The maximum Gasteiger partial charge on any atom is 0.124 e. The molecular weight excluding hydrogens is 150 g/mol. The van der Waals surface area contributed by atoms with Crippen LogP contribution in [0, 0.1) is 11.8 Å². The van der Waals surface area contributed by atoms with E-state index in [-0.39, 0.29) is 6.10 Å². The zero-order chi connectivity index (χ0) is 9.14. The van der Waals surface area contributed by atoms with Gasteiger partial charge in [-0.2, -0.15) is 0 Å². The van der Waals surface area contributed by atoms with Crippen molar-refractivity contribution in [1.29, 1.82) is 0 Å². The summed E-state index contributed by atoms with van der Waals surface area (Å²) in [6.07, 6.45) is 2.42. The van der Waals surface area contributed by atoms with E-state index in [1.54, 1.807) is 0 Å². The molecule has 0 bridgehead atoms. The highest BCUT2D eigenvalue weighted by Crippen LogP contribution is 2.30. The molecular formula is C10H19NO. The molecule has 1 fully saturated rings. The third-order valence-electron chi connectivity index (χ3n) is 2.84. The number of hydrogen-bond donors (Lipinski definition) is 0. The van der Waals surface area contributed by atoms with Crippen LogP contribution in [0.4, 0.5) is 0 Å². The van der Waals surface area contributed by atoms with Crippen molar-refractivity contribution in [2.45, 2.75) is 46.6 Å². The van der Waals surface area contributed by atoms with Crippen LogP contribution in [0.5, 0.6) is 0 Å².